The lowest BCUT2D eigenvalue weighted by Gasteiger charge is -2.37. The van der Waals surface area contributed by atoms with Crippen molar-refractivity contribution in [3.63, 3.8) is 0 Å². The molecule has 0 unspecified atom stereocenters. The third-order valence-electron chi connectivity index (χ3n) is 4.94. The van der Waals surface area contributed by atoms with Gasteiger partial charge in [0.15, 0.2) is 0 Å². The number of amides is 1. The van der Waals surface area contributed by atoms with E-state index in [1.54, 1.807) is 16.6 Å². The highest BCUT2D eigenvalue weighted by molar-refractivity contribution is 7.88. The lowest BCUT2D eigenvalue weighted by Crippen LogP contribution is -2.55. The van der Waals surface area contributed by atoms with Crippen molar-refractivity contribution >= 4 is 21.7 Å². The van der Waals surface area contributed by atoms with E-state index in [1.165, 1.54) is 17.1 Å². The van der Waals surface area contributed by atoms with Gasteiger partial charge in [-0.15, -0.1) is 0 Å². The van der Waals surface area contributed by atoms with Gasteiger partial charge in [0, 0.05) is 32.8 Å². The van der Waals surface area contributed by atoms with Gasteiger partial charge in [-0.3, -0.25) is 14.4 Å². The van der Waals surface area contributed by atoms with Crippen LogP contribution in [0.15, 0.2) is 6.07 Å². The molecule has 1 aromatic heterocycles. The van der Waals surface area contributed by atoms with Crippen LogP contribution >= 0.6 is 0 Å². The Kier molecular flexibility index (Phi) is 5.69. The summed E-state index contributed by atoms with van der Waals surface area (Å²) in [6.45, 7) is 3.65. The summed E-state index contributed by atoms with van der Waals surface area (Å²) in [5.41, 5.74) is 0.825. The third kappa shape index (κ3) is 4.44. The number of sulfonamides is 1. The topological polar surface area (TPSA) is 84.7 Å². The van der Waals surface area contributed by atoms with Gasteiger partial charge in [0.2, 0.25) is 15.9 Å². The van der Waals surface area contributed by atoms with Crippen molar-refractivity contribution in [1.29, 1.82) is 0 Å². The van der Waals surface area contributed by atoms with E-state index in [-0.39, 0.29) is 12.5 Å². The summed E-state index contributed by atoms with van der Waals surface area (Å²) in [6.07, 6.45) is 4.82. The molecule has 146 valence electrons. The van der Waals surface area contributed by atoms with Crippen molar-refractivity contribution in [2.24, 2.45) is 13.0 Å². The smallest absolute Gasteiger partial charge is 0.246 e. The minimum atomic E-state index is -3.51. The zero-order valence-corrected chi connectivity index (χ0v) is 16.5. The van der Waals surface area contributed by atoms with Crippen LogP contribution in [0.1, 0.15) is 31.4 Å². The van der Waals surface area contributed by atoms with Gasteiger partial charge < -0.3 is 4.74 Å². The molecule has 2 fully saturated rings. The number of ether oxygens (including phenoxy) is 1. The van der Waals surface area contributed by atoms with E-state index in [4.69, 9.17) is 4.74 Å². The van der Waals surface area contributed by atoms with Crippen LogP contribution in [0.5, 0.6) is 0 Å². The Labute approximate surface area is 155 Å². The maximum absolute atomic E-state index is 13.1. The summed E-state index contributed by atoms with van der Waals surface area (Å²) in [7, 11) is -1.72. The quantitative estimate of drug-likeness (QED) is 0.622. The molecule has 0 spiro atoms. The van der Waals surface area contributed by atoms with Gasteiger partial charge in [0.25, 0.3) is 0 Å². The number of carbonyl (C=O) groups is 1. The number of aryl methyl sites for hydroxylation is 2. The molecule has 0 N–H and O–H groups in total. The van der Waals surface area contributed by atoms with E-state index in [0.29, 0.717) is 37.9 Å². The molecule has 1 saturated heterocycles. The van der Waals surface area contributed by atoms with Gasteiger partial charge in [-0.05, 0) is 38.5 Å². The second-order valence-electron chi connectivity index (χ2n) is 7.31. The summed E-state index contributed by atoms with van der Waals surface area (Å²) < 4.78 is 33.2. The van der Waals surface area contributed by atoms with E-state index in [1.807, 2.05) is 13.0 Å². The second-order valence-corrected chi connectivity index (χ2v) is 9.24. The Morgan fingerprint density at radius 1 is 1.35 bits per heavy atom. The first kappa shape index (κ1) is 19.3. The van der Waals surface area contributed by atoms with Gasteiger partial charge in [-0.25, -0.2) is 8.42 Å². The van der Waals surface area contributed by atoms with Gasteiger partial charge >= 0.3 is 0 Å². The molecule has 2 aliphatic rings. The highest BCUT2D eigenvalue weighted by Gasteiger charge is 2.38. The molecule has 2 heterocycles. The number of nitrogens with zero attached hydrogens (tertiary/aromatic N) is 4. The molecule has 1 saturated carbocycles. The van der Waals surface area contributed by atoms with Crippen LogP contribution in [0.4, 0.5) is 5.82 Å². The first-order valence-corrected chi connectivity index (χ1v) is 11.0. The lowest BCUT2D eigenvalue weighted by atomic mass is 10.0. The SMILES string of the molecule is Cc1cc(N2CCC[C@H](N(CCOCC3CC3)S(C)(=O)=O)C2=O)n(C)n1. The molecule has 8 nitrogen and oxygen atoms in total. The summed E-state index contributed by atoms with van der Waals surface area (Å²) in [5.74, 6) is 1.14. The predicted octanol–water partition coefficient (Wildman–Crippen LogP) is 0.912. The summed E-state index contributed by atoms with van der Waals surface area (Å²) >= 11 is 0. The Hall–Kier alpha value is -1.45. The Morgan fingerprint density at radius 2 is 2.08 bits per heavy atom. The molecule has 0 radical (unpaired) electrons. The number of rotatable bonds is 8. The van der Waals surface area contributed by atoms with Crippen molar-refractivity contribution in [1.82, 2.24) is 14.1 Å². The van der Waals surface area contributed by atoms with Crippen LogP contribution in [0.25, 0.3) is 0 Å². The maximum atomic E-state index is 13.1. The average Bonchev–Trinajstić information content (AvgIpc) is 3.31. The van der Waals surface area contributed by atoms with E-state index >= 15 is 0 Å². The van der Waals surface area contributed by atoms with Crippen LogP contribution in [0, 0.1) is 12.8 Å². The standard InChI is InChI=1S/C17H28N4O4S/c1-13-11-16(19(2)18-13)20-8-4-5-15(17(20)22)21(26(3,23)24)9-10-25-12-14-6-7-14/h11,14-15H,4-10,12H2,1-3H3/t15-/m0/s1. The highest BCUT2D eigenvalue weighted by atomic mass is 32.2. The summed E-state index contributed by atoms with van der Waals surface area (Å²) in [4.78, 5) is 14.7. The monoisotopic (exact) mass is 384 g/mol. The molecular weight excluding hydrogens is 356 g/mol. The van der Waals surface area contributed by atoms with Crippen molar-refractivity contribution in [3.05, 3.63) is 11.8 Å². The number of aromatic nitrogens is 2. The number of hydrogen-bond donors (Lipinski definition) is 0. The zero-order chi connectivity index (χ0) is 18.9. The first-order valence-electron chi connectivity index (χ1n) is 9.14. The maximum Gasteiger partial charge on any atom is 0.246 e. The van der Waals surface area contributed by atoms with Gasteiger partial charge in [-0.1, -0.05) is 0 Å². The van der Waals surface area contributed by atoms with Crippen LogP contribution in [0.2, 0.25) is 0 Å². The van der Waals surface area contributed by atoms with Crippen molar-refractivity contribution in [2.75, 3.05) is 37.5 Å². The molecule has 1 amide bonds. The first-order chi connectivity index (χ1) is 12.3. The molecule has 1 aliphatic heterocycles. The zero-order valence-electron chi connectivity index (χ0n) is 15.7. The second kappa shape index (κ2) is 7.66. The highest BCUT2D eigenvalue weighted by Crippen LogP contribution is 2.29. The predicted molar refractivity (Wildman–Crippen MR) is 98.4 cm³/mol. The molecule has 0 bridgehead atoms. The molecule has 0 aromatic carbocycles. The lowest BCUT2D eigenvalue weighted by molar-refractivity contribution is -0.123. The Bertz CT molecular complexity index is 757. The molecule has 26 heavy (non-hydrogen) atoms. The largest absolute Gasteiger partial charge is 0.380 e. The van der Waals surface area contributed by atoms with Crippen molar-refractivity contribution < 1.29 is 17.9 Å². The fraction of sp³-hybridized carbons (Fsp3) is 0.765. The van der Waals surface area contributed by atoms with Crippen molar-refractivity contribution in [2.45, 2.75) is 38.6 Å². The minimum absolute atomic E-state index is 0.188. The fourth-order valence-electron chi connectivity index (χ4n) is 3.44. The molecule has 9 heteroatoms. The van der Waals surface area contributed by atoms with Crippen molar-refractivity contribution in [3.8, 4) is 0 Å². The van der Waals surface area contributed by atoms with Crippen LogP contribution in [-0.4, -0.2) is 67.0 Å². The number of carbonyl (C=O) groups excluding carboxylic acids is 1. The van der Waals surface area contributed by atoms with E-state index in [0.717, 1.165) is 18.4 Å². The van der Waals surface area contributed by atoms with Gasteiger partial charge in [0.05, 0.1) is 18.6 Å². The summed E-state index contributed by atoms with van der Waals surface area (Å²) in [5, 5.41) is 4.29. The number of hydrogen-bond acceptors (Lipinski definition) is 5. The Balaban J connectivity index is 1.72. The van der Waals surface area contributed by atoms with Crippen LogP contribution in [0.3, 0.4) is 0 Å². The molecule has 1 atom stereocenters. The van der Waals surface area contributed by atoms with E-state index < -0.39 is 16.1 Å². The number of anilines is 1. The van der Waals surface area contributed by atoms with E-state index in [9.17, 15) is 13.2 Å². The van der Waals surface area contributed by atoms with Crippen LogP contribution < -0.4 is 4.90 Å². The minimum Gasteiger partial charge on any atom is -0.380 e. The molecular formula is C17H28N4O4S. The molecule has 1 aromatic rings. The Morgan fingerprint density at radius 3 is 2.65 bits per heavy atom. The average molecular weight is 385 g/mol. The fourth-order valence-corrected chi connectivity index (χ4v) is 4.51. The van der Waals surface area contributed by atoms with Crippen LogP contribution in [-0.2, 0) is 26.6 Å². The number of piperidine rings is 1. The van der Waals surface area contributed by atoms with E-state index in [2.05, 4.69) is 5.10 Å². The van der Waals surface area contributed by atoms with Gasteiger partial charge in [-0.2, -0.15) is 9.40 Å². The molecule has 1 aliphatic carbocycles. The third-order valence-corrected chi connectivity index (χ3v) is 6.23. The normalized spacial score (nSPS) is 21.6. The summed E-state index contributed by atoms with van der Waals surface area (Å²) in [6, 6.07) is 1.17. The van der Waals surface area contributed by atoms with Gasteiger partial charge in [0.1, 0.15) is 11.9 Å². The molecule has 3 rings (SSSR count).